The van der Waals surface area contributed by atoms with E-state index in [4.69, 9.17) is 5.73 Å². The minimum Gasteiger partial charge on any atom is -0.336 e. The molecule has 0 spiro atoms. The van der Waals surface area contributed by atoms with E-state index in [1.54, 1.807) is 6.92 Å². The summed E-state index contributed by atoms with van der Waals surface area (Å²) in [5.74, 6) is 0.134. The highest BCUT2D eigenvalue weighted by Crippen LogP contribution is 2.26. The zero-order valence-electron chi connectivity index (χ0n) is 8.13. The average Bonchev–Trinajstić information content (AvgIpc) is 1.94. The first-order chi connectivity index (χ1) is 5.43. The Hall–Kier alpha value is -0.570. The van der Waals surface area contributed by atoms with Crippen LogP contribution < -0.4 is 5.73 Å². The fraction of sp³-hybridized carbons (Fsp3) is 0.889. The molecule has 2 N–H and O–H groups in total. The van der Waals surface area contributed by atoms with Crippen LogP contribution in [-0.2, 0) is 4.79 Å². The van der Waals surface area contributed by atoms with E-state index in [0.717, 1.165) is 12.8 Å². The van der Waals surface area contributed by atoms with E-state index in [0.29, 0.717) is 6.54 Å². The van der Waals surface area contributed by atoms with Gasteiger partial charge >= 0.3 is 0 Å². The highest BCUT2D eigenvalue weighted by atomic mass is 16.2. The van der Waals surface area contributed by atoms with Crippen LogP contribution in [0.25, 0.3) is 0 Å². The number of nitrogens with zero attached hydrogens (tertiary/aromatic N) is 1. The summed E-state index contributed by atoms with van der Waals surface area (Å²) in [7, 11) is 0. The van der Waals surface area contributed by atoms with Gasteiger partial charge in [-0.2, -0.15) is 0 Å². The maximum Gasteiger partial charge on any atom is 0.219 e. The first-order valence-corrected chi connectivity index (χ1v) is 4.47. The minimum absolute atomic E-state index is 0.00169. The second-order valence-electron chi connectivity index (χ2n) is 4.24. The SMILES string of the molecule is CC(=O)N1CC(N)CCC1(C)C. The predicted octanol–water partition coefficient (Wildman–Crippen LogP) is 0.735. The van der Waals surface area contributed by atoms with E-state index < -0.39 is 0 Å². The molecule has 1 aliphatic heterocycles. The predicted molar refractivity (Wildman–Crippen MR) is 48.7 cm³/mol. The highest BCUT2D eigenvalue weighted by molar-refractivity contribution is 5.74. The third-order valence-electron chi connectivity index (χ3n) is 2.65. The van der Waals surface area contributed by atoms with Gasteiger partial charge in [-0.15, -0.1) is 0 Å². The zero-order valence-corrected chi connectivity index (χ0v) is 8.13. The Morgan fingerprint density at radius 2 is 2.17 bits per heavy atom. The van der Waals surface area contributed by atoms with Crippen LogP contribution in [0, 0.1) is 0 Å². The van der Waals surface area contributed by atoms with Gasteiger partial charge in [0.1, 0.15) is 0 Å². The van der Waals surface area contributed by atoms with Gasteiger partial charge < -0.3 is 10.6 Å². The molecule has 3 nitrogen and oxygen atoms in total. The Labute approximate surface area is 73.9 Å². The summed E-state index contributed by atoms with van der Waals surface area (Å²) in [5, 5.41) is 0. The van der Waals surface area contributed by atoms with Gasteiger partial charge in [-0.05, 0) is 26.7 Å². The van der Waals surface area contributed by atoms with E-state index in [1.165, 1.54) is 0 Å². The molecule has 1 atom stereocenters. The van der Waals surface area contributed by atoms with Crippen LogP contribution in [0.2, 0.25) is 0 Å². The number of hydrogen-bond donors (Lipinski definition) is 1. The van der Waals surface area contributed by atoms with Gasteiger partial charge in [0, 0.05) is 25.0 Å². The quantitative estimate of drug-likeness (QED) is 0.582. The molecule has 0 aromatic rings. The molecular weight excluding hydrogens is 152 g/mol. The van der Waals surface area contributed by atoms with Crippen molar-refractivity contribution in [2.24, 2.45) is 5.73 Å². The Morgan fingerprint density at radius 3 is 2.58 bits per heavy atom. The molecule has 1 fully saturated rings. The molecule has 0 aromatic carbocycles. The van der Waals surface area contributed by atoms with Gasteiger partial charge in [0.2, 0.25) is 5.91 Å². The first kappa shape index (κ1) is 9.52. The first-order valence-electron chi connectivity index (χ1n) is 4.47. The number of piperidine rings is 1. The van der Waals surface area contributed by atoms with Crippen molar-refractivity contribution in [3.05, 3.63) is 0 Å². The fourth-order valence-corrected chi connectivity index (χ4v) is 1.80. The Balaban J connectivity index is 2.72. The minimum atomic E-state index is 0.00169. The van der Waals surface area contributed by atoms with E-state index in [-0.39, 0.29) is 17.5 Å². The largest absolute Gasteiger partial charge is 0.336 e. The van der Waals surface area contributed by atoms with Crippen molar-refractivity contribution in [2.45, 2.75) is 45.2 Å². The number of hydrogen-bond acceptors (Lipinski definition) is 2. The molecular formula is C9H18N2O. The second kappa shape index (κ2) is 3.05. The normalized spacial score (nSPS) is 28.7. The summed E-state index contributed by atoms with van der Waals surface area (Å²) in [4.78, 5) is 13.1. The molecule has 0 aromatic heterocycles. The van der Waals surface area contributed by atoms with Gasteiger partial charge in [-0.3, -0.25) is 4.79 Å². The number of likely N-dealkylation sites (tertiary alicyclic amines) is 1. The molecule has 1 amide bonds. The zero-order chi connectivity index (χ0) is 9.35. The van der Waals surface area contributed by atoms with Gasteiger partial charge in [0.15, 0.2) is 0 Å². The molecule has 12 heavy (non-hydrogen) atoms. The van der Waals surface area contributed by atoms with E-state index in [1.807, 2.05) is 4.90 Å². The Kier molecular flexibility index (Phi) is 2.42. The number of amides is 1. The Morgan fingerprint density at radius 1 is 1.58 bits per heavy atom. The highest BCUT2D eigenvalue weighted by Gasteiger charge is 2.34. The lowest BCUT2D eigenvalue weighted by Crippen LogP contribution is -2.56. The molecule has 1 heterocycles. The van der Waals surface area contributed by atoms with Crippen LogP contribution in [0.5, 0.6) is 0 Å². The molecule has 0 aliphatic carbocycles. The molecule has 0 bridgehead atoms. The number of carbonyl (C=O) groups excluding carboxylic acids is 1. The second-order valence-corrected chi connectivity index (χ2v) is 4.24. The summed E-state index contributed by atoms with van der Waals surface area (Å²) in [6, 6.07) is 0.168. The molecule has 1 unspecified atom stereocenters. The lowest BCUT2D eigenvalue weighted by atomic mass is 9.88. The molecule has 1 saturated heterocycles. The van der Waals surface area contributed by atoms with E-state index in [2.05, 4.69) is 13.8 Å². The number of nitrogens with two attached hydrogens (primary N) is 1. The molecule has 70 valence electrons. The monoisotopic (exact) mass is 170 g/mol. The summed E-state index contributed by atoms with van der Waals surface area (Å²) in [6.45, 7) is 6.52. The smallest absolute Gasteiger partial charge is 0.219 e. The van der Waals surface area contributed by atoms with E-state index in [9.17, 15) is 4.79 Å². The fourth-order valence-electron chi connectivity index (χ4n) is 1.80. The van der Waals surface area contributed by atoms with Crippen molar-refractivity contribution in [1.29, 1.82) is 0 Å². The van der Waals surface area contributed by atoms with Gasteiger partial charge in [0.05, 0.1) is 0 Å². The average molecular weight is 170 g/mol. The standard InChI is InChI=1S/C9H18N2O/c1-7(12)11-6-8(10)4-5-9(11,2)3/h8H,4-6,10H2,1-3H3. The topological polar surface area (TPSA) is 46.3 Å². The lowest BCUT2D eigenvalue weighted by Gasteiger charge is -2.44. The molecule has 0 radical (unpaired) electrons. The van der Waals surface area contributed by atoms with Crippen LogP contribution in [-0.4, -0.2) is 28.9 Å². The summed E-state index contributed by atoms with van der Waals surface area (Å²) in [5.41, 5.74) is 5.79. The summed E-state index contributed by atoms with van der Waals surface area (Å²) in [6.07, 6.45) is 2.03. The van der Waals surface area contributed by atoms with Crippen molar-refractivity contribution in [3.8, 4) is 0 Å². The summed E-state index contributed by atoms with van der Waals surface area (Å²) < 4.78 is 0. The van der Waals surface area contributed by atoms with Crippen molar-refractivity contribution in [2.75, 3.05) is 6.54 Å². The van der Waals surface area contributed by atoms with Crippen LogP contribution in [0.4, 0.5) is 0 Å². The van der Waals surface area contributed by atoms with Gasteiger partial charge in [0.25, 0.3) is 0 Å². The van der Waals surface area contributed by atoms with Crippen molar-refractivity contribution < 1.29 is 4.79 Å². The van der Waals surface area contributed by atoms with Gasteiger partial charge in [-0.25, -0.2) is 0 Å². The third-order valence-corrected chi connectivity index (χ3v) is 2.65. The maximum absolute atomic E-state index is 11.2. The third kappa shape index (κ3) is 1.78. The van der Waals surface area contributed by atoms with Crippen LogP contribution in [0.15, 0.2) is 0 Å². The van der Waals surface area contributed by atoms with Crippen LogP contribution in [0.1, 0.15) is 33.6 Å². The number of rotatable bonds is 0. The van der Waals surface area contributed by atoms with Crippen LogP contribution in [0.3, 0.4) is 0 Å². The summed E-state index contributed by atoms with van der Waals surface area (Å²) >= 11 is 0. The van der Waals surface area contributed by atoms with Crippen molar-refractivity contribution in [1.82, 2.24) is 4.90 Å². The molecule has 1 aliphatic rings. The van der Waals surface area contributed by atoms with E-state index >= 15 is 0 Å². The van der Waals surface area contributed by atoms with Crippen molar-refractivity contribution in [3.63, 3.8) is 0 Å². The molecule has 3 heteroatoms. The Bertz CT molecular complexity index is 189. The van der Waals surface area contributed by atoms with Crippen LogP contribution >= 0.6 is 0 Å². The van der Waals surface area contributed by atoms with Crippen molar-refractivity contribution >= 4 is 5.91 Å². The maximum atomic E-state index is 11.2. The molecule has 1 rings (SSSR count). The lowest BCUT2D eigenvalue weighted by molar-refractivity contribution is -0.136. The molecule has 0 saturated carbocycles. The van der Waals surface area contributed by atoms with Gasteiger partial charge in [-0.1, -0.05) is 0 Å². The number of carbonyl (C=O) groups is 1.